The van der Waals surface area contributed by atoms with E-state index in [0.717, 1.165) is 12.8 Å². The summed E-state index contributed by atoms with van der Waals surface area (Å²) in [7, 11) is -3.51. The molecule has 0 saturated carbocycles. The molecule has 0 bridgehead atoms. The lowest BCUT2D eigenvalue weighted by Crippen LogP contribution is -2.39. The fraction of sp³-hybridized carbons (Fsp3) is 0.462. The summed E-state index contributed by atoms with van der Waals surface area (Å²) >= 11 is 0. The van der Waals surface area contributed by atoms with Gasteiger partial charge in [0.1, 0.15) is 5.82 Å². The van der Waals surface area contributed by atoms with Crippen molar-refractivity contribution in [3.05, 3.63) is 29.6 Å². The Kier molecular flexibility index (Phi) is 4.26. The molecule has 0 aliphatic carbocycles. The highest BCUT2D eigenvalue weighted by molar-refractivity contribution is 7.89. The lowest BCUT2D eigenvalue weighted by atomic mass is 9.99. The summed E-state index contributed by atoms with van der Waals surface area (Å²) < 4.78 is 36.2. The summed E-state index contributed by atoms with van der Waals surface area (Å²) in [5.74, 6) is -0.629. The number of nitrogens with two attached hydrogens (primary N) is 1. The number of rotatable bonds is 3. The molecule has 1 aliphatic rings. The van der Waals surface area contributed by atoms with Gasteiger partial charge in [0.2, 0.25) is 10.0 Å². The van der Waals surface area contributed by atoms with Gasteiger partial charge in [0.15, 0.2) is 0 Å². The van der Waals surface area contributed by atoms with Crippen LogP contribution in [0.3, 0.4) is 0 Å². The van der Waals surface area contributed by atoms with Crippen LogP contribution in [0.2, 0.25) is 0 Å². The number of benzene rings is 1. The topological polar surface area (TPSA) is 87.2 Å². The quantitative estimate of drug-likeness (QED) is 0.908. The van der Waals surface area contributed by atoms with E-state index in [-0.39, 0.29) is 17.2 Å². The number of piperidine rings is 1. The molecule has 1 heterocycles. The Labute approximate surface area is 117 Å². The van der Waals surface area contributed by atoms with E-state index in [9.17, 15) is 12.8 Å². The standard InChI is InChI=1S/C13H16FN3O2S/c14-12-6-10(7-15)3-4-13(12)17-5-1-2-11(8-17)9-20(16,18)19/h3-4,6,11H,1-2,5,8-9H2,(H2,16,18,19)/t11-/m0/s1. The zero-order chi connectivity index (χ0) is 14.8. The average molecular weight is 297 g/mol. The van der Waals surface area contributed by atoms with Gasteiger partial charge < -0.3 is 4.90 Å². The molecule has 20 heavy (non-hydrogen) atoms. The van der Waals surface area contributed by atoms with Crippen LogP contribution in [0.25, 0.3) is 0 Å². The van der Waals surface area contributed by atoms with Crippen molar-refractivity contribution in [3.8, 4) is 6.07 Å². The van der Waals surface area contributed by atoms with Crippen LogP contribution in [0.4, 0.5) is 10.1 Å². The predicted octanol–water partition coefficient (Wildman–Crippen LogP) is 1.20. The lowest BCUT2D eigenvalue weighted by molar-refractivity contribution is 0.439. The largest absolute Gasteiger partial charge is 0.369 e. The van der Waals surface area contributed by atoms with Gasteiger partial charge in [-0.2, -0.15) is 5.26 Å². The molecular weight excluding hydrogens is 281 g/mol. The Morgan fingerprint density at radius 2 is 2.25 bits per heavy atom. The Balaban J connectivity index is 2.15. The molecule has 5 nitrogen and oxygen atoms in total. The second kappa shape index (κ2) is 5.77. The van der Waals surface area contributed by atoms with Gasteiger partial charge in [0.25, 0.3) is 0 Å². The maximum Gasteiger partial charge on any atom is 0.209 e. The number of anilines is 1. The van der Waals surface area contributed by atoms with Crippen molar-refractivity contribution in [2.24, 2.45) is 11.1 Å². The molecule has 1 fully saturated rings. The van der Waals surface area contributed by atoms with Crippen molar-refractivity contribution in [2.45, 2.75) is 12.8 Å². The van der Waals surface area contributed by atoms with Crippen LogP contribution in [0, 0.1) is 23.1 Å². The van der Waals surface area contributed by atoms with Crippen LogP contribution in [0.15, 0.2) is 18.2 Å². The van der Waals surface area contributed by atoms with E-state index < -0.39 is 15.8 Å². The van der Waals surface area contributed by atoms with Crippen LogP contribution in [0.5, 0.6) is 0 Å². The van der Waals surface area contributed by atoms with Crippen molar-refractivity contribution in [1.82, 2.24) is 0 Å². The maximum absolute atomic E-state index is 14.0. The lowest BCUT2D eigenvalue weighted by Gasteiger charge is -2.34. The molecule has 7 heteroatoms. The first-order valence-corrected chi connectivity index (χ1v) is 8.05. The number of nitrogens with zero attached hydrogens (tertiary/aromatic N) is 2. The summed E-state index contributed by atoms with van der Waals surface area (Å²) in [6.45, 7) is 1.13. The third kappa shape index (κ3) is 3.68. The monoisotopic (exact) mass is 297 g/mol. The van der Waals surface area contributed by atoms with Crippen molar-refractivity contribution in [3.63, 3.8) is 0 Å². The summed E-state index contributed by atoms with van der Waals surface area (Å²) in [6, 6.07) is 6.20. The summed E-state index contributed by atoms with van der Waals surface area (Å²) in [6.07, 6.45) is 1.56. The number of hydrogen-bond acceptors (Lipinski definition) is 4. The van der Waals surface area contributed by atoms with Crippen LogP contribution < -0.4 is 10.0 Å². The fourth-order valence-corrected chi connectivity index (χ4v) is 3.51. The summed E-state index contributed by atoms with van der Waals surface area (Å²) in [4.78, 5) is 1.82. The normalized spacial score (nSPS) is 19.6. The SMILES string of the molecule is N#Cc1ccc(N2CCC[C@H](CS(N)(=O)=O)C2)c(F)c1. The fourth-order valence-electron chi connectivity index (χ4n) is 2.58. The average Bonchev–Trinajstić information content (AvgIpc) is 2.36. The Bertz CT molecular complexity index is 640. The van der Waals surface area contributed by atoms with Gasteiger partial charge in [-0.3, -0.25) is 0 Å². The Morgan fingerprint density at radius 3 is 2.85 bits per heavy atom. The summed E-state index contributed by atoms with van der Waals surface area (Å²) in [5.41, 5.74) is 0.674. The third-order valence-corrected chi connectivity index (χ3v) is 4.34. The second-order valence-electron chi connectivity index (χ2n) is 5.06. The number of hydrogen-bond donors (Lipinski definition) is 1. The third-order valence-electron chi connectivity index (χ3n) is 3.40. The van der Waals surface area contributed by atoms with E-state index in [4.69, 9.17) is 10.4 Å². The van der Waals surface area contributed by atoms with E-state index in [1.807, 2.05) is 11.0 Å². The van der Waals surface area contributed by atoms with Gasteiger partial charge in [0, 0.05) is 13.1 Å². The van der Waals surface area contributed by atoms with E-state index in [1.54, 1.807) is 12.1 Å². The highest BCUT2D eigenvalue weighted by Gasteiger charge is 2.25. The molecule has 1 atom stereocenters. The van der Waals surface area contributed by atoms with Crippen molar-refractivity contribution >= 4 is 15.7 Å². The molecule has 1 aliphatic heterocycles. The number of halogens is 1. The molecular formula is C13H16FN3O2S. The van der Waals surface area contributed by atoms with E-state index in [2.05, 4.69) is 0 Å². The van der Waals surface area contributed by atoms with Crippen LogP contribution in [-0.4, -0.2) is 27.3 Å². The molecule has 1 aromatic rings. The molecule has 0 aromatic heterocycles. The van der Waals surface area contributed by atoms with Crippen LogP contribution in [0.1, 0.15) is 18.4 Å². The molecule has 0 radical (unpaired) electrons. The van der Waals surface area contributed by atoms with Gasteiger partial charge in [-0.25, -0.2) is 17.9 Å². The smallest absolute Gasteiger partial charge is 0.209 e. The van der Waals surface area contributed by atoms with Gasteiger partial charge in [0.05, 0.1) is 23.1 Å². The maximum atomic E-state index is 14.0. The first-order chi connectivity index (χ1) is 9.39. The molecule has 2 N–H and O–H groups in total. The number of primary sulfonamides is 1. The second-order valence-corrected chi connectivity index (χ2v) is 6.72. The molecule has 2 rings (SSSR count). The predicted molar refractivity (Wildman–Crippen MR) is 74.0 cm³/mol. The summed E-state index contributed by atoms with van der Waals surface area (Å²) in [5, 5.41) is 13.8. The van der Waals surface area contributed by atoms with E-state index >= 15 is 0 Å². The van der Waals surface area contributed by atoms with Gasteiger partial charge >= 0.3 is 0 Å². The molecule has 0 amide bonds. The number of nitriles is 1. The zero-order valence-electron chi connectivity index (χ0n) is 10.9. The number of sulfonamides is 1. The molecule has 0 spiro atoms. The van der Waals surface area contributed by atoms with Crippen LogP contribution >= 0.6 is 0 Å². The van der Waals surface area contributed by atoms with Crippen molar-refractivity contribution in [2.75, 3.05) is 23.7 Å². The minimum absolute atomic E-state index is 0.0819. The highest BCUT2D eigenvalue weighted by Crippen LogP contribution is 2.26. The molecule has 108 valence electrons. The van der Waals surface area contributed by atoms with Crippen molar-refractivity contribution < 1.29 is 12.8 Å². The highest BCUT2D eigenvalue weighted by atomic mass is 32.2. The molecule has 1 saturated heterocycles. The van der Waals surface area contributed by atoms with Gasteiger partial charge in [-0.15, -0.1) is 0 Å². The van der Waals surface area contributed by atoms with E-state index in [0.29, 0.717) is 18.8 Å². The Morgan fingerprint density at radius 1 is 1.50 bits per heavy atom. The van der Waals surface area contributed by atoms with Gasteiger partial charge in [-0.1, -0.05) is 0 Å². The van der Waals surface area contributed by atoms with Crippen molar-refractivity contribution in [1.29, 1.82) is 5.26 Å². The minimum Gasteiger partial charge on any atom is -0.369 e. The Hall–Kier alpha value is -1.65. The van der Waals surface area contributed by atoms with Gasteiger partial charge in [-0.05, 0) is 37.0 Å². The zero-order valence-corrected chi connectivity index (χ0v) is 11.7. The van der Waals surface area contributed by atoms with E-state index in [1.165, 1.54) is 6.07 Å². The first kappa shape index (κ1) is 14.8. The molecule has 1 aromatic carbocycles. The minimum atomic E-state index is -3.51. The first-order valence-electron chi connectivity index (χ1n) is 6.34. The van der Waals surface area contributed by atoms with Crippen LogP contribution in [-0.2, 0) is 10.0 Å². The molecule has 0 unspecified atom stereocenters.